The molecule has 0 aromatic carbocycles. The van der Waals surface area contributed by atoms with Gasteiger partial charge in [0.05, 0.1) is 12.5 Å². The highest BCUT2D eigenvalue weighted by atomic mass is 19.4. The van der Waals surface area contributed by atoms with Crippen LogP contribution in [0.3, 0.4) is 0 Å². The monoisotopic (exact) mass is 268 g/mol. The van der Waals surface area contributed by atoms with E-state index in [0.717, 1.165) is 32.4 Å². The minimum absolute atomic E-state index is 0.0663. The molecule has 0 amide bonds. The van der Waals surface area contributed by atoms with Crippen LogP contribution >= 0.6 is 0 Å². The van der Waals surface area contributed by atoms with Crippen molar-refractivity contribution >= 4 is 0 Å². The van der Waals surface area contributed by atoms with Crippen LogP contribution in [0.2, 0.25) is 0 Å². The third-order valence-corrected chi connectivity index (χ3v) is 3.10. The van der Waals surface area contributed by atoms with Gasteiger partial charge in [0, 0.05) is 19.7 Å². The van der Waals surface area contributed by atoms with E-state index in [0.29, 0.717) is 19.3 Å². The normalized spacial score (nSPS) is 18.5. The molecule has 3 nitrogen and oxygen atoms in total. The molecule has 1 N–H and O–H groups in total. The van der Waals surface area contributed by atoms with Crippen LogP contribution in [0.5, 0.6) is 0 Å². The molecule has 0 unspecified atom stereocenters. The first-order chi connectivity index (χ1) is 8.47. The molecule has 1 aliphatic rings. The first kappa shape index (κ1) is 15.7. The lowest BCUT2D eigenvalue weighted by molar-refractivity contribution is -0.137. The van der Waals surface area contributed by atoms with Gasteiger partial charge in [0.2, 0.25) is 0 Å². The standard InChI is InChI=1S/C12H23F3N2O/c1-17(9-5-12(13,14)15)8-2-10-18-11-3-6-16-7-4-11/h11,16H,2-10H2,1H3. The fourth-order valence-corrected chi connectivity index (χ4v) is 1.98. The second kappa shape index (κ2) is 7.96. The lowest BCUT2D eigenvalue weighted by Crippen LogP contribution is -2.33. The number of ether oxygens (including phenoxy) is 1. The Morgan fingerprint density at radius 1 is 1.22 bits per heavy atom. The molecule has 0 aliphatic carbocycles. The Bertz CT molecular complexity index is 218. The molecule has 1 saturated heterocycles. The van der Waals surface area contributed by atoms with Crippen LogP contribution in [0, 0.1) is 0 Å². The van der Waals surface area contributed by atoms with Crippen LogP contribution in [0.15, 0.2) is 0 Å². The predicted molar refractivity (Wildman–Crippen MR) is 64.6 cm³/mol. The Labute approximate surface area is 107 Å². The number of nitrogens with zero attached hydrogens (tertiary/aromatic N) is 1. The maximum atomic E-state index is 12.0. The van der Waals surface area contributed by atoms with Gasteiger partial charge in [0.15, 0.2) is 0 Å². The van der Waals surface area contributed by atoms with E-state index in [-0.39, 0.29) is 6.54 Å². The summed E-state index contributed by atoms with van der Waals surface area (Å²) >= 11 is 0. The zero-order chi connectivity index (χ0) is 13.4. The van der Waals surface area contributed by atoms with Crippen LogP contribution < -0.4 is 5.32 Å². The van der Waals surface area contributed by atoms with E-state index in [4.69, 9.17) is 4.74 Å². The number of nitrogens with one attached hydrogen (secondary N) is 1. The largest absolute Gasteiger partial charge is 0.390 e. The van der Waals surface area contributed by atoms with Crippen molar-refractivity contribution in [2.24, 2.45) is 0 Å². The maximum absolute atomic E-state index is 12.0. The molecule has 0 spiro atoms. The average Bonchev–Trinajstić information content (AvgIpc) is 2.33. The van der Waals surface area contributed by atoms with Gasteiger partial charge in [0.25, 0.3) is 0 Å². The van der Waals surface area contributed by atoms with Crippen molar-refractivity contribution in [3.8, 4) is 0 Å². The van der Waals surface area contributed by atoms with Gasteiger partial charge in [-0.25, -0.2) is 0 Å². The SMILES string of the molecule is CN(CCCOC1CCNCC1)CCC(F)(F)F. The summed E-state index contributed by atoms with van der Waals surface area (Å²) in [5, 5.41) is 3.26. The third kappa shape index (κ3) is 7.89. The smallest absolute Gasteiger partial charge is 0.378 e. The van der Waals surface area contributed by atoms with E-state index in [1.54, 1.807) is 11.9 Å². The molecule has 0 bridgehead atoms. The Morgan fingerprint density at radius 2 is 1.89 bits per heavy atom. The lowest BCUT2D eigenvalue weighted by atomic mass is 10.1. The van der Waals surface area contributed by atoms with Crippen molar-refractivity contribution in [3.05, 3.63) is 0 Å². The predicted octanol–water partition coefficient (Wildman–Crippen LogP) is 2.03. The van der Waals surface area contributed by atoms with Crippen molar-refractivity contribution in [2.45, 2.75) is 38.0 Å². The average molecular weight is 268 g/mol. The zero-order valence-electron chi connectivity index (χ0n) is 10.9. The Balaban J connectivity index is 1.96. The van der Waals surface area contributed by atoms with E-state index in [2.05, 4.69) is 5.32 Å². The summed E-state index contributed by atoms with van der Waals surface area (Å²) in [5.41, 5.74) is 0. The topological polar surface area (TPSA) is 24.5 Å². The van der Waals surface area contributed by atoms with Gasteiger partial charge in [-0.1, -0.05) is 0 Å². The summed E-state index contributed by atoms with van der Waals surface area (Å²) < 4.78 is 41.7. The summed E-state index contributed by atoms with van der Waals surface area (Å²) in [7, 11) is 1.72. The van der Waals surface area contributed by atoms with E-state index in [9.17, 15) is 13.2 Å². The first-order valence-electron chi connectivity index (χ1n) is 6.55. The molecule has 108 valence electrons. The van der Waals surface area contributed by atoms with Crippen molar-refractivity contribution in [2.75, 3.05) is 39.8 Å². The van der Waals surface area contributed by atoms with Gasteiger partial charge in [-0.3, -0.25) is 0 Å². The Morgan fingerprint density at radius 3 is 2.50 bits per heavy atom. The molecule has 0 aromatic heterocycles. The van der Waals surface area contributed by atoms with E-state index < -0.39 is 12.6 Å². The summed E-state index contributed by atoms with van der Waals surface area (Å²) in [4.78, 5) is 1.71. The molecule has 1 fully saturated rings. The van der Waals surface area contributed by atoms with Crippen molar-refractivity contribution in [3.63, 3.8) is 0 Å². The highest BCUT2D eigenvalue weighted by Gasteiger charge is 2.26. The first-order valence-corrected chi connectivity index (χ1v) is 6.55. The highest BCUT2D eigenvalue weighted by Crippen LogP contribution is 2.19. The third-order valence-electron chi connectivity index (χ3n) is 3.10. The molecule has 0 atom stereocenters. The fourth-order valence-electron chi connectivity index (χ4n) is 1.98. The van der Waals surface area contributed by atoms with E-state index in [1.807, 2.05) is 0 Å². The number of rotatable bonds is 7. The summed E-state index contributed by atoms with van der Waals surface area (Å²) in [6, 6.07) is 0. The minimum Gasteiger partial charge on any atom is -0.378 e. The number of alkyl halides is 3. The summed E-state index contributed by atoms with van der Waals surface area (Å²) in [6.45, 7) is 3.35. The van der Waals surface area contributed by atoms with Crippen LogP contribution in [0.25, 0.3) is 0 Å². The van der Waals surface area contributed by atoms with Crippen LogP contribution in [0.4, 0.5) is 13.2 Å². The van der Waals surface area contributed by atoms with Crippen LogP contribution in [-0.4, -0.2) is 57.0 Å². The number of halogens is 3. The number of piperidine rings is 1. The lowest BCUT2D eigenvalue weighted by Gasteiger charge is -2.23. The Kier molecular flexibility index (Phi) is 6.96. The molecule has 1 rings (SSSR count). The second-order valence-electron chi connectivity index (χ2n) is 4.84. The summed E-state index contributed by atoms with van der Waals surface area (Å²) in [6.07, 6.45) is -1.61. The maximum Gasteiger partial charge on any atom is 0.390 e. The molecule has 0 aromatic rings. The van der Waals surface area contributed by atoms with E-state index in [1.165, 1.54) is 0 Å². The van der Waals surface area contributed by atoms with Crippen molar-refractivity contribution in [1.29, 1.82) is 0 Å². The summed E-state index contributed by atoms with van der Waals surface area (Å²) in [5.74, 6) is 0. The number of hydrogen-bond donors (Lipinski definition) is 1. The van der Waals surface area contributed by atoms with Crippen LogP contribution in [0.1, 0.15) is 25.7 Å². The van der Waals surface area contributed by atoms with Gasteiger partial charge >= 0.3 is 6.18 Å². The van der Waals surface area contributed by atoms with Gasteiger partial charge in [-0.15, -0.1) is 0 Å². The van der Waals surface area contributed by atoms with Gasteiger partial charge in [0.1, 0.15) is 0 Å². The quantitative estimate of drug-likeness (QED) is 0.715. The molecule has 0 radical (unpaired) electrons. The number of hydrogen-bond acceptors (Lipinski definition) is 3. The van der Waals surface area contributed by atoms with Gasteiger partial charge in [-0.05, 0) is 39.4 Å². The van der Waals surface area contributed by atoms with Gasteiger partial charge < -0.3 is 15.0 Å². The molecule has 0 saturated carbocycles. The second-order valence-corrected chi connectivity index (χ2v) is 4.84. The zero-order valence-corrected chi connectivity index (χ0v) is 10.9. The molecular formula is C12H23F3N2O. The molecule has 18 heavy (non-hydrogen) atoms. The van der Waals surface area contributed by atoms with Gasteiger partial charge in [-0.2, -0.15) is 13.2 Å². The fraction of sp³-hybridized carbons (Fsp3) is 1.00. The molecule has 1 aliphatic heterocycles. The molecular weight excluding hydrogens is 245 g/mol. The minimum atomic E-state index is -4.06. The molecule has 6 heteroatoms. The highest BCUT2D eigenvalue weighted by molar-refractivity contribution is 4.68. The molecule has 1 heterocycles. The van der Waals surface area contributed by atoms with Crippen molar-refractivity contribution < 1.29 is 17.9 Å². The Hall–Kier alpha value is -0.330. The van der Waals surface area contributed by atoms with Crippen molar-refractivity contribution in [1.82, 2.24) is 10.2 Å². The van der Waals surface area contributed by atoms with E-state index >= 15 is 0 Å². The van der Waals surface area contributed by atoms with Crippen LogP contribution in [-0.2, 0) is 4.74 Å².